The van der Waals surface area contributed by atoms with Gasteiger partial charge in [-0.15, -0.1) is 0 Å². The topological polar surface area (TPSA) is 255 Å². The highest BCUT2D eigenvalue weighted by Gasteiger charge is 2.28. The zero-order chi connectivity index (χ0) is 54.0. The van der Waals surface area contributed by atoms with Gasteiger partial charge in [-0.3, -0.25) is 20.2 Å². The number of nitrogen functional groups attached to an aromatic ring is 1. The minimum Gasteiger partial charge on any atom is -0.444 e. The number of nitrogens with one attached hydrogen (secondary N) is 1. The van der Waals surface area contributed by atoms with E-state index in [1.807, 2.05) is 77.9 Å². The molecule has 2 amide bonds. The van der Waals surface area contributed by atoms with Crippen LogP contribution in [0.25, 0.3) is 0 Å². The van der Waals surface area contributed by atoms with E-state index in [2.05, 4.69) is 24.8 Å². The average molecular weight is 1030 g/mol. The second-order valence-corrected chi connectivity index (χ2v) is 20.8. The number of hydrogen-bond acceptors (Lipinski definition) is 18. The number of nitro groups is 2. The number of non-ortho nitro benzene ring substituents is 2. The monoisotopic (exact) mass is 1030 g/mol. The number of ether oxygens (including phenoxy) is 5. The number of carbonyl (C=O) groups is 4. The Kier molecular flexibility index (Phi) is 23.5. The first kappa shape index (κ1) is 62.0. The molecule has 0 radical (unpaired) electrons. The minimum atomic E-state index is -1.06. The third-order valence-corrected chi connectivity index (χ3v) is 10.0. The van der Waals surface area contributed by atoms with Crippen LogP contribution in [0.2, 0.25) is 0 Å². The molecule has 0 spiro atoms. The van der Waals surface area contributed by atoms with Gasteiger partial charge in [0.05, 0.1) is 9.85 Å². The van der Waals surface area contributed by atoms with Crippen molar-refractivity contribution >= 4 is 58.6 Å². The Labute approximate surface area is 431 Å². The maximum atomic E-state index is 12.0. The van der Waals surface area contributed by atoms with Crippen LogP contribution in [0.1, 0.15) is 91.9 Å². The Balaban J connectivity index is 0.000000496. The number of benzene rings is 3. The third-order valence-electron chi connectivity index (χ3n) is 10.0. The number of nitro benzene ring substituents is 2. The number of nitrogens with zero attached hydrogens (tertiary/aromatic N) is 7. The number of amides is 2. The molecule has 3 aliphatic rings. The van der Waals surface area contributed by atoms with Crippen LogP contribution in [-0.2, 0) is 23.7 Å². The van der Waals surface area contributed by atoms with E-state index in [0.29, 0.717) is 39.3 Å². The number of rotatable bonds is 5. The van der Waals surface area contributed by atoms with Gasteiger partial charge >= 0.3 is 24.5 Å². The van der Waals surface area contributed by atoms with E-state index in [1.54, 1.807) is 75.6 Å². The molecule has 22 heteroatoms. The maximum absolute atomic E-state index is 12.0. The van der Waals surface area contributed by atoms with Crippen LogP contribution in [0.4, 0.5) is 53.3 Å². The first-order valence-corrected chi connectivity index (χ1v) is 23.8. The van der Waals surface area contributed by atoms with Gasteiger partial charge in [0.2, 0.25) is 0 Å². The number of anilines is 4. The van der Waals surface area contributed by atoms with E-state index >= 15 is 0 Å². The Morgan fingerprint density at radius 1 is 0.479 bits per heavy atom. The second-order valence-electron chi connectivity index (χ2n) is 20.8. The van der Waals surface area contributed by atoms with E-state index in [9.17, 15) is 39.4 Å². The van der Waals surface area contributed by atoms with Gasteiger partial charge in [-0.05, 0) is 132 Å². The van der Waals surface area contributed by atoms with Gasteiger partial charge in [0.25, 0.3) is 11.4 Å². The molecule has 73 heavy (non-hydrogen) atoms. The molecule has 0 bridgehead atoms. The van der Waals surface area contributed by atoms with Crippen molar-refractivity contribution in [1.29, 1.82) is 0 Å². The molecule has 3 fully saturated rings. The average Bonchev–Trinajstić information content (AvgIpc) is 3.28. The van der Waals surface area contributed by atoms with Gasteiger partial charge in [0.1, 0.15) is 22.4 Å². The zero-order valence-corrected chi connectivity index (χ0v) is 43.9. The SMILES string of the molecule is C.CC(C)(C)OC(=O)N1CCN(c2ccc(N)cc2)CC1.CC(C)(C)OC(=O)N1CCN(c2ccc([N+](=O)[O-])cc2)CC1.CC(C)(C)OC(=O)OC(=O)OC(C)(C)C.O=[N+]([O-])c1ccc(N2CCNCC2)cc1.[HH]. The smallest absolute Gasteiger partial charge is 0.444 e. The van der Waals surface area contributed by atoms with Gasteiger partial charge in [0.15, 0.2) is 0 Å². The highest BCUT2D eigenvalue weighted by molar-refractivity contribution is 5.77. The molecule has 3 aromatic rings. The van der Waals surface area contributed by atoms with Crippen molar-refractivity contribution in [3.8, 4) is 0 Å². The predicted octanol–water partition coefficient (Wildman–Crippen LogP) is 9.74. The summed E-state index contributed by atoms with van der Waals surface area (Å²) in [6.45, 7) is 30.5. The van der Waals surface area contributed by atoms with Crippen LogP contribution in [-0.4, -0.2) is 145 Å². The molecule has 3 heterocycles. The van der Waals surface area contributed by atoms with Crippen LogP contribution in [0.5, 0.6) is 0 Å². The van der Waals surface area contributed by atoms with Crippen LogP contribution in [0, 0.1) is 20.2 Å². The summed E-state index contributed by atoms with van der Waals surface area (Å²) < 4.78 is 24.5. The summed E-state index contributed by atoms with van der Waals surface area (Å²) in [4.78, 5) is 76.3. The van der Waals surface area contributed by atoms with Crippen LogP contribution >= 0.6 is 0 Å². The molecule has 3 aromatic carbocycles. The minimum absolute atomic E-state index is 0. The van der Waals surface area contributed by atoms with E-state index in [4.69, 9.17) is 24.7 Å². The molecule has 3 N–H and O–H groups in total. The summed E-state index contributed by atoms with van der Waals surface area (Å²) in [6, 6.07) is 21.0. The molecular formula is C51H81N9O13. The fourth-order valence-corrected chi connectivity index (χ4v) is 6.74. The molecule has 3 saturated heterocycles. The normalized spacial score (nSPS) is 14.9. The summed E-state index contributed by atoms with van der Waals surface area (Å²) >= 11 is 0. The van der Waals surface area contributed by atoms with E-state index < -0.39 is 39.6 Å². The molecule has 0 aliphatic carbocycles. The van der Waals surface area contributed by atoms with Gasteiger partial charge in [-0.25, -0.2) is 19.2 Å². The summed E-state index contributed by atoms with van der Waals surface area (Å²) in [6.07, 6.45) is -2.64. The van der Waals surface area contributed by atoms with Crippen molar-refractivity contribution < 1.29 is 54.1 Å². The molecule has 0 saturated carbocycles. The van der Waals surface area contributed by atoms with Crippen LogP contribution < -0.4 is 25.8 Å². The van der Waals surface area contributed by atoms with Gasteiger partial charge < -0.3 is 59.2 Å². The highest BCUT2D eigenvalue weighted by atomic mass is 16.8. The molecule has 0 unspecified atom stereocenters. The van der Waals surface area contributed by atoms with Crippen molar-refractivity contribution in [3.05, 3.63) is 93.0 Å². The molecule has 22 nitrogen and oxygen atoms in total. The van der Waals surface area contributed by atoms with Crippen molar-refractivity contribution in [1.82, 2.24) is 15.1 Å². The van der Waals surface area contributed by atoms with E-state index in [-0.39, 0.29) is 37.3 Å². The summed E-state index contributed by atoms with van der Waals surface area (Å²) in [5, 5.41) is 24.4. The second kappa shape index (κ2) is 27.6. The fourth-order valence-electron chi connectivity index (χ4n) is 6.74. The van der Waals surface area contributed by atoms with Crippen molar-refractivity contribution in [2.24, 2.45) is 0 Å². The Morgan fingerprint density at radius 3 is 1.03 bits per heavy atom. The van der Waals surface area contributed by atoms with Gasteiger partial charge in [0, 0.05) is 127 Å². The van der Waals surface area contributed by atoms with Gasteiger partial charge in [-0.2, -0.15) is 0 Å². The quantitative estimate of drug-likeness (QED) is 0.0602. The molecule has 0 aromatic heterocycles. The van der Waals surface area contributed by atoms with E-state index in [0.717, 1.165) is 62.0 Å². The largest absolute Gasteiger partial charge is 0.519 e. The lowest BCUT2D eigenvalue weighted by atomic mass is 10.2. The van der Waals surface area contributed by atoms with Crippen molar-refractivity contribution in [3.63, 3.8) is 0 Å². The number of hydrogen-bond donors (Lipinski definition) is 2. The fraction of sp³-hybridized carbons (Fsp3) is 0.569. The Bertz CT molecular complexity index is 2200. The highest BCUT2D eigenvalue weighted by Crippen LogP contribution is 2.23. The number of nitrogens with two attached hydrogens (primary N) is 1. The molecule has 0 atom stereocenters. The first-order chi connectivity index (χ1) is 33.4. The summed E-state index contributed by atoms with van der Waals surface area (Å²) in [7, 11) is 0. The van der Waals surface area contributed by atoms with E-state index in [1.165, 1.54) is 12.1 Å². The Hall–Kier alpha value is -7.10. The standard InChI is InChI=1S/C15H21N3O4.C15H23N3O2.C10H13N3O2.C10H18O5.CH4.H2/c1-15(2,3)22-14(19)17-10-8-16(9-11-17)12-4-6-13(7-5-12)18(20)21;1-15(2,3)20-14(19)18-10-8-17(9-11-18)13-6-4-12(16)5-7-13;14-13(15)10-3-1-9(2-4-10)12-7-5-11-6-8-12;1-9(2,3)14-7(11)13-8(12)15-10(4,5)6;;/h4-7H,8-11H2,1-3H3;4-7H,8-11,16H2,1-3H3;1-4,11H,5-8H2;1-6H3;1H4;1H. The van der Waals surface area contributed by atoms with Crippen molar-refractivity contribution in [2.45, 2.75) is 113 Å². The predicted molar refractivity (Wildman–Crippen MR) is 285 cm³/mol. The molecule has 6 rings (SSSR count). The molecule has 3 aliphatic heterocycles. The summed E-state index contributed by atoms with van der Waals surface area (Å²) in [5.41, 5.74) is 7.48. The first-order valence-electron chi connectivity index (χ1n) is 23.8. The van der Waals surface area contributed by atoms with Crippen molar-refractivity contribution in [2.75, 3.05) is 99.0 Å². The number of piperazine rings is 3. The lowest BCUT2D eigenvalue weighted by Crippen LogP contribution is -2.50. The lowest BCUT2D eigenvalue weighted by molar-refractivity contribution is -0.385. The maximum Gasteiger partial charge on any atom is 0.519 e. The van der Waals surface area contributed by atoms with Crippen LogP contribution in [0.15, 0.2) is 72.8 Å². The lowest BCUT2D eigenvalue weighted by Gasteiger charge is -2.36. The Morgan fingerprint density at radius 2 is 0.753 bits per heavy atom. The zero-order valence-electron chi connectivity index (χ0n) is 43.9. The third kappa shape index (κ3) is 24.3. The van der Waals surface area contributed by atoms with Crippen LogP contribution in [0.3, 0.4) is 0 Å². The molecular weight excluding hydrogens is 947 g/mol. The van der Waals surface area contributed by atoms with Gasteiger partial charge in [-0.1, -0.05) is 7.43 Å². The summed E-state index contributed by atoms with van der Waals surface area (Å²) in [5.74, 6) is 0. The molecule has 408 valence electrons. The number of carbonyl (C=O) groups excluding carboxylic acids is 4.